The zero-order valence-corrected chi connectivity index (χ0v) is 23.2. The van der Waals surface area contributed by atoms with E-state index < -0.39 is 28.3 Å². The van der Waals surface area contributed by atoms with E-state index in [1.807, 2.05) is 26.2 Å². The number of rotatable bonds is 13. The molecule has 12 heteroatoms. The van der Waals surface area contributed by atoms with E-state index in [1.165, 1.54) is 28.6 Å². The van der Waals surface area contributed by atoms with Crippen molar-refractivity contribution in [2.75, 3.05) is 18.8 Å². The molecule has 0 saturated heterocycles. The summed E-state index contributed by atoms with van der Waals surface area (Å²) < 4.78 is 33.6. The number of hydrogen-bond acceptors (Lipinski definition) is 8. The molecular formula is C26H34N4O6S2. The van der Waals surface area contributed by atoms with Crippen LogP contribution in [0.15, 0.2) is 58.8 Å². The monoisotopic (exact) mass is 562 g/mol. The van der Waals surface area contributed by atoms with Crippen molar-refractivity contribution in [3.8, 4) is 5.75 Å². The minimum atomic E-state index is -3.95. The molecule has 2 aromatic carbocycles. The van der Waals surface area contributed by atoms with Gasteiger partial charge in [-0.25, -0.2) is 18.2 Å². The van der Waals surface area contributed by atoms with Gasteiger partial charge in [0.05, 0.1) is 27.7 Å². The van der Waals surface area contributed by atoms with Crippen LogP contribution in [0.1, 0.15) is 30.1 Å². The summed E-state index contributed by atoms with van der Waals surface area (Å²) in [5.41, 5.74) is 7.71. The van der Waals surface area contributed by atoms with Crippen molar-refractivity contribution in [2.24, 2.45) is 5.92 Å². The SMILES string of the molecule is Cc1nc(COc2ccc(C[C@H](NC(=O)O)[C@H](O)CN(CC(C)C)S(=O)(=O)c3ccc(N)cc3)cc2)cs1. The van der Waals surface area contributed by atoms with Gasteiger partial charge in [0.25, 0.3) is 0 Å². The fourth-order valence-electron chi connectivity index (χ4n) is 3.85. The van der Waals surface area contributed by atoms with Gasteiger partial charge in [-0.05, 0) is 61.2 Å². The number of nitrogens with zero attached hydrogens (tertiary/aromatic N) is 2. The van der Waals surface area contributed by atoms with Gasteiger partial charge in [-0.15, -0.1) is 11.3 Å². The molecular weight excluding hydrogens is 528 g/mol. The second kappa shape index (κ2) is 13.1. The second-order valence-corrected chi connectivity index (χ2v) is 12.4. The van der Waals surface area contributed by atoms with Crippen LogP contribution in [-0.2, 0) is 23.1 Å². The van der Waals surface area contributed by atoms with E-state index in [1.54, 1.807) is 35.6 Å². The number of sulfonamides is 1. The zero-order valence-electron chi connectivity index (χ0n) is 21.6. The van der Waals surface area contributed by atoms with Gasteiger partial charge in [-0.2, -0.15) is 4.31 Å². The van der Waals surface area contributed by atoms with E-state index in [0.29, 0.717) is 18.0 Å². The summed E-state index contributed by atoms with van der Waals surface area (Å²) in [4.78, 5) is 15.9. The highest BCUT2D eigenvalue weighted by Gasteiger charge is 2.31. The molecule has 3 aromatic rings. The third-order valence-corrected chi connectivity index (χ3v) is 8.35. The highest BCUT2D eigenvalue weighted by Crippen LogP contribution is 2.21. The number of ether oxygens (including phenoxy) is 1. The Labute approximate surface area is 227 Å². The van der Waals surface area contributed by atoms with Crippen molar-refractivity contribution >= 4 is 33.1 Å². The molecule has 3 rings (SSSR count). The summed E-state index contributed by atoms with van der Waals surface area (Å²) in [7, 11) is -3.95. The predicted octanol–water partition coefficient (Wildman–Crippen LogP) is 3.50. The van der Waals surface area contributed by atoms with E-state index in [9.17, 15) is 23.4 Å². The Hall–Kier alpha value is -3.19. The maximum absolute atomic E-state index is 13.3. The maximum Gasteiger partial charge on any atom is 0.404 e. The molecule has 0 aliphatic carbocycles. The largest absolute Gasteiger partial charge is 0.487 e. The standard InChI is InChI=1S/C26H34N4O6S2/c1-17(2)13-30(38(34,35)23-10-6-20(27)7-11-23)14-25(31)24(29-26(32)33)12-19-4-8-22(9-5-19)36-15-21-16-37-18(3)28-21/h4-11,16-17,24-25,29,31H,12-15,27H2,1-3H3,(H,32,33)/t24-,25+/m0/s1. The molecule has 0 radical (unpaired) electrons. The Morgan fingerprint density at radius 3 is 2.34 bits per heavy atom. The Kier molecular flexibility index (Phi) is 10.1. The number of nitrogen functional groups attached to an aromatic ring is 1. The maximum atomic E-state index is 13.3. The van der Waals surface area contributed by atoms with E-state index >= 15 is 0 Å². The van der Waals surface area contributed by atoms with Crippen molar-refractivity contribution in [1.82, 2.24) is 14.6 Å². The molecule has 0 aliphatic rings. The van der Waals surface area contributed by atoms with Crippen molar-refractivity contribution in [3.05, 3.63) is 70.2 Å². The lowest BCUT2D eigenvalue weighted by Crippen LogP contribution is -2.50. The summed E-state index contributed by atoms with van der Waals surface area (Å²) in [6, 6.07) is 11.9. The number of amides is 1. The van der Waals surface area contributed by atoms with Gasteiger partial charge in [0, 0.05) is 24.2 Å². The summed E-state index contributed by atoms with van der Waals surface area (Å²) in [6.45, 7) is 5.85. The van der Waals surface area contributed by atoms with Crippen LogP contribution in [-0.4, -0.2) is 59.2 Å². The minimum absolute atomic E-state index is 0.0302. The summed E-state index contributed by atoms with van der Waals surface area (Å²) in [6.07, 6.45) is -2.47. The van der Waals surface area contributed by atoms with Crippen molar-refractivity contribution in [3.63, 3.8) is 0 Å². The lowest BCUT2D eigenvalue weighted by atomic mass is 10.0. The number of anilines is 1. The number of aromatic nitrogens is 1. The lowest BCUT2D eigenvalue weighted by molar-refractivity contribution is 0.0980. The number of aliphatic hydroxyl groups is 1. The van der Waals surface area contributed by atoms with Crippen LogP contribution in [0.2, 0.25) is 0 Å². The fraction of sp³-hybridized carbons (Fsp3) is 0.385. The van der Waals surface area contributed by atoms with Crippen LogP contribution < -0.4 is 15.8 Å². The third kappa shape index (κ3) is 8.42. The van der Waals surface area contributed by atoms with E-state index in [0.717, 1.165) is 16.3 Å². The quantitative estimate of drug-likeness (QED) is 0.231. The van der Waals surface area contributed by atoms with Gasteiger partial charge < -0.3 is 26.0 Å². The van der Waals surface area contributed by atoms with Crippen LogP contribution in [0, 0.1) is 12.8 Å². The average Bonchev–Trinajstić information content (AvgIpc) is 3.27. The van der Waals surface area contributed by atoms with Crippen LogP contribution in [0.25, 0.3) is 0 Å². The molecule has 0 bridgehead atoms. The molecule has 1 heterocycles. The molecule has 2 atom stereocenters. The van der Waals surface area contributed by atoms with Crippen molar-refractivity contribution < 1.29 is 28.2 Å². The highest BCUT2D eigenvalue weighted by molar-refractivity contribution is 7.89. The first-order valence-electron chi connectivity index (χ1n) is 12.1. The number of nitrogens with two attached hydrogens (primary N) is 1. The average molecular weight is 563 g/mol. The Balaban J connectivity index is 1.72. The van der Waals surface area contributed by atoms with E-state index in [-0.39, 0.29) is 30.3 Å². The Bertz CT molecular complexity index is 1290. The van der Waals surface area contributed by atoms with Gasteiger partial charge in [0.2, 0.25) is 10.0 Å². The van der Waals surface area contributed by atoms with Crippen LogP contribution in [0.5, 0.6) is 5.75 Å². The number of aliphatic hydroxyl groups excluding tert-OH is 1. The molecule has 0 spiro atoms. The number of benzene rings is 2. The number of thiazole rings is 1. The first kappa shape index (κ1) is 29.4. The first-order valence-corrected chi connectivity index (χ1v) is 14.4. The molecule has 0 unspecified atom stereocenters. The number of carboxylic acid groups (broad SMARTS) is 1. The van der Waals surface area contributed by atoms with Crippen LogP contribution in [0.3, 0.4) is 0 Å². The fourth-order valence-corrected chi connectivity index (χ4v) is 6.07. The number of nitrogens with one attached hydrogen (secondary N) is 1. The highest BCUT2D eigenvalue weighted by atomic mass is 32.2. The molecule has 206 valence electrons. The van der Waals surface area contributed by atoms with Gasteiger partial charge in [-0.3, -0.25) is 0 Å². The second-order valence-electron chi connectivity index (χ2n) is 9.40. The number of aryl methyl sites for hydroxylation is 1. The van der Waals surface area contributed by atoms with Gasteiger partial charge in [-0.1, -0.05) is 26.0 Å². The molecule has 1 aromatic heterocycles. The third-order valence-electron chi connectivity index (χ3n) is 5.68. The summed E-state index contributed by atoms with van der Waals surface area (Å²) in [5.74, 6) is 0.595. The van der Waals surface area contributed by atoms with Gasteiger partial charge in [0.15, 0.2) is 0 Å². The van der Waals surface area contributed by atoms with Crippen LogP contribution >= 0.6 is 11.3 Å². The van der Waals surface area contributed by atoms with E-state index in [2.05, 4.69) is 10.3 Å². The lowest BCUT2D eigenvalue weighted by Gasteiger charge is -2.30. The van der Waals surface area contributed by atoms with Crippen LogP contribution in [0.4, 0.5) is 10.5 Å². The number of hydrogen-bond donors (Lipinski definition) is 4. The van der Waals surface area contributed by atoms with Gasteiger partial charge >= 0.3 is 6.09 Å². The molecule has 0 aliphatic heterocycles. The van der Waals surface area contributed by atoms with E-state index in [4.69, 9.17) is 10.5 Å². The van der Waals surface area contributed by atoms with Gasteiger partial charge in [0.1, 0.15) is 12.4 Å². The summed E-state index contributed by atoms with van der Waals surface area (Å²) in [5, 5.41) is 25.7. The molecule has 1 amide bonds. The molecule has 10 nitrogen and oxygen atoms in total. The number of carbonyl (C=O) groups is 1. The summed E-state index contributed by atoms with van der Waals surface area (Å²) >= 11 is 1.55. The Morgan fingerprint density at radius 1 is 1.13 bits per heavy atom. The van der Waals surface area contributed by atoms with Crippen molar-refractivity contribution in [1.29, 1.82) is 0 Å². The Morgan fingerprint density at radius 2 is 1.79 bits per heavy atom. The topological polar surface area (TPSA) is 155 Å². The normalized spacial score (nSPS) is 13.4. The predicted molar refractivity (Wildman–Crippen MR) is 147 cm³/mol. The molecule has 0 fully saturated rings. The van der Waals surface area contributed by atoms with Crippen molar-refractivity contribution in [2.45, 2.75) is 50.8 Å². The molecule has 0 saturated carbocycles. The smallest absolute Gasteiger partial charge is 0.404 e. The molecule has 5 N–H and O–H groups in total. The molecule has 38 heavy (non-hydrogen) atoms. The first-order chi connectivity index (χ1) is 17.9. The zero-order chi connectivity index (χ0) is 27.9. The minimum Gasteiger partial charge on any atom is -0.487 e.